The average molecular weight is 235 g/mol. The van der Waals surface area contributed by atoms with Crippen molar-refractivity contribution >= 4 is 10.2 Å². The molecule has 0 aromatic heterocycles. The van der Waals surface area contributed by atoms with E-state index in [0.29, 0.717) is 38.0 Å². The fraction of sp³-hybridized carbons (Fsp3) is 1.00. The van der Waals surface area contributed by atoms with Gasteiger partial charge in [-0.05, 0) is 24.8 Å². The Kier molecular flexibility index (Phi) is 4.51. The summed E-state index contributed by atoms with van der Waals surface area (Å²) in [5.74, 6) is 0.647. The second kappa shape index (κ2) is 5.25. The molecule has 1 atom stereocenters. The highest BCUT2D eigenvalue weighted by Gasteiger charge is 2.30. The quantitative estimate of drug-likeness (QED) is 0.690. The van der Waals surface area contributed by atoms with E-state index in [1.807, 2.05) is 13.8 Å². The van der Waals surface area contributed by atoms with Crippen LogP contribution in [0.15, 0.2) is 0 Å². The second-order valence-electron chi connectivity index (χ2n) is 4.50. The van der Waals surface area contributed by atoms with Crippen molar-refractivity contribution in [3.63, 3.8) is 0 Å². The molecule has 1 fully saturated rings. The molecule has 0 bridgehead atoms. The predicted molar refractivity (Wildman–Crippen MR) is 60.5 cm³/mol. The summed E-state index contributed by atoms with van der Waals surface area (Å²) in [5, 5.41) is 0. The maximum absolute atomic E-state index is 11.8. The van der Waals surface area contributed by atoms with Gasteiger partial charge in [0.2, 0.25) is 0 Å². The first-order valence-electron chi connectivity index (χ1n) is 5.40. The van der Waals surface area contributed by atoms with E-state index in [2.05, 4.69) is 4.72 Å². The Hall–Kier alpha value is -0.170. The standard InChI is InChI=1S/C9H21N3O2S/c1-8(2)6-11-15(13,14)12-4-3-9(5-10)7-12/h8-9,11H,3-7,10H2,1-2H3. The molecule has 0 amide bonds. The van der Waals surface area contributed by atoms with Gasteiger partial charge in [-0.25, -0.2) is 4.72 Å². The molecule has 1 rings (SSSR count). The molecule has 6 heteroatoms. The van der Waals surface area contributed by atoms with Crippen molar-refractivity contribution in [2.45, 2.75) is 20.3 Å². The van der Waals surface area contributed by atoms with Crippen LogP contribution in [-0.4, -0.2) is 38.9 Å². The third-order valence-corrected chi connectivity index (χ3v) is 4.14. The number of nitrogens with two attached hydrogens (primary N) is 1. The lowest BCUT2D eigenvalue weighted by Crippen LogP contribution is -2.41. The van der Waals surface area contributed by atoms with Gasteiger partial charge in [0.05, 0.1) is 0 Å². The van der Waals surface area contributed by atoms with Gasteiger partial charge in [-0.15, -0.1) is 0 Å². The van der Waals surface area contributed by atoms with E-state index in [0.717, 1.165) is 6.42 Å². The van der Waals surface area contributed by atoms with Crippen LogP contribution in [0.5, 0.6) is 0 Å². The van der Waals surface area contributed by atoms with Crippen molar-refractivity contribution in [1.82, 2.24) is 9.03 Å². The molecular formula is C9H21N3O2S. The molecule has 0 spiro atoms. The van der Waals surface area contributed by atoms with Crippen LogP contribution in [0.3, 0.4) is 0 Å². The Bertz CT molecular complexity index is 290. The minimum absolute atomic E-state index is 0.320. The van der Waals surface area contributed by atoms with Crippen LogP contribution in [0, 0.1) is 11.8 Å². The maximum Gasteiger partial charge on any atom is 0.279 e. The molecule has 0 saturated carbocycles. The highest BCUT2D eigenvalue weighted by molar-refractivity contribution is 7.87. The van der Waals surface area contributed by atoms with Gasteiger partial charge in [-0.3, -0.25) is 0 Å². The number of hydrogen-bond donors (Lipinski definition) is 2. The fourth-order valence-corrected chi connectivity index (χ4v) is 3.05. The topological polar surface area (TPSA) is 75.4 Å². The summed E-state index contributed by atoms with van der Waals surface area (Å²) < 4.78 is 27.6. The molecule has 90 valence electrons. The monoisotopic (exact) mass is 235 g/mol. The first kappa shape index (κ1) is 12.9. The average Bonchev–Trinajstić information content (AvgIpc) is 2.63. The van der Waals surface area contributed by atoms with Crippen LogP contribution in [0.25, 0.3) is 0 Å². The van der Waals surface area contributed by atoms with Gasteiger partial charge >= 0.3 is 0 Å². The predicted octanol–water partition coefficient (Wildman–Crippen LogP) is -0.243. The van der Waals surface area contributed by atoms with Crippen LogP contribution < -0.4 is 10.5 Å². The zero-order valence-electron chi connectivity index (χ0n) is 9.44. The largest absolute Gasteiger partial charge is 0.330 e. The SMILES string of the molecule is CC(C)CNS(=O)(=O)N1CCC(CN)C1. The Labute approximate surface area is 92.2 Å². The minimum Gasteiger partial charge on any atom is -0.330 e. The van der Waals surface area contributed by atoms with Crippen molar-refractivity contribution in [1.29, 1.82) is 0 Å². The van der Waals surface area contributed by atoms with E-state index in [9.17, 15) is 8.42 Å². The lowest BCUT2D eigenvalue weighted by Gasteiger charge is -2.17. The van der Waals surface area contributed by atoms with Crippen LogP contribution in [0.4, 0.5) is 0 Å². The molecule has 0 radical (unpaired) electrons. The Balaban J connectivity index is 2.48. The van der Waals surface area contributed by atoms with Gasteiger partial charge < -0.3 is 5.73 Å². The Morgan fingerprint density at radius 3 is 2.67 bits per heavy atom. The van der Waals surface area contributed by atoms with Crippen LogP contribution in [0.1, 0.15) is 20.3 Å². The lowest BCUT2D eigenvalue weighted by molar-refractivity contribution is 0.443. The molecule has 15 heavy (non-hydrogen) atoms. The zero-order chi connectivity index (χ0) is 11.5. The van der Waals surface area contributed by atoms with Crippen molar-refractivity contribution in [3.05, 3.63) is 0 Å². The van der Waals surface area contributed by atoms with Crippen molar-refractivity contribution in [2.75, 3.05) is 26.2 Å². The van der Waals surface area contributed by atoms with Crippen LogP contribution >= 0.6 is 0 Å². The normalized spacial score (nSPS) is 23.9. The van der Waals surface area contributed by atoms with Crippen molar-refractivity contribution in [3.8, 4) is 0 Å². The molecule has 0 aromatic carbocycles. The third kappa shape index (κ3) is 3.71. The smallest absolute Gasteiger partial charge is 0.279 e. The third-order valence-electron chi connectivity index (χ3n) is 2.60. The summed E-state index contributed by atoms with van der Waals surface area (Å²) in [7, 11) is -3.27. The highest BCUT2D eigenvalue weighted by atomic mass is 32.2. The van der Waals surface area contributed by atoms with Gasteiger partial charge in [-0.2, -0.15) is 12.7 Å². The van der Waals surface area contributed by atoms with E-state index in [-0.39, 0.29) is 0 Å². The molecule has 1 aliphatic heterocycles. The molecular weight excluding hydrogens is 214 g/mol. The number of nitrogens with zero attached hydrogens (tertiary/aromatic N) is 1. The Morgan fingerprint density at radius 1 is 1.53 bits per heavy atom. The first-order valence-corrected chi connectivity index (χ1v) is 6.84. The van der Waals surface area contributed by atoms with Crippen molar-refractivity contribution < 1.29 is 8.42 Å². The molecule has 5 nitrogen and oxygen atoms in total. The van der Waals surface area contributed by atoms with Gasteiger partial charge in [0.1, 0.15) is 0 Å². The minimum atomic E-state index is -3.27. The molecule has 0 aromatic rings. The summed E-state index contributed by atoms with van der Waals surface area (Å²) in [4.78, 5) is 0. The molecule has 1 aliphatic rings. The van der Waals surface area contributed by atoms with E-state index in [4.69, 9.17) is 5.73 Å². The molecule has 1 saturated heterocycles. The van der Waals surface area contributed by atoms with Crippen LogP contribution in [0.2, 0.25) is 0 Å². The van der Waals surface area contributed by atoms with E-state index in [1.54, 1.807) is 0 Å². The number of hydrogen-bond acceptors (Lipinski definition) is 3. The molecule has 3 N–H and O–H groups in total. The molecule has 1 heterocycles. The van der Waals surface area contributed by atoms with Gasteiger partial charge in [0, 0.05) is 19.6 Å². The first-order chi connectivity index (χ1) is 6.95. The summed E-state index contributed by atoms with van der Waals surface area (Å²) in [6.45, 7) is 6.17. The van der Waals surface area contributed by atoms with Gasteiger partial charge in [0.25, 0.3) is 10.2 Å². The zero-order valence-corrected chi connectivity index (χ0v) is 10.3. The van der Waals surface area contributed by atoms with E-state index in [1.165, 1.54) is 4.31 Å². The number of nitrogens with one attached hydrogen (secondary N) is 1. The highest BCUT2D eigenvalue weighted by Crippen LogP contribution is 2.17. The Morgan fingerprint density at radius 2 is 2.20 bits per heavy atom. The van der Waals surface area contributed by atoms with E-state index < -0.39 is 10.2 Å². The van der Waals surface area contributed by atoms with Gasteiger partial charge in [0.15, 0.2) is 0 Å². The summed E-state index contributed by atoms with van der Waals surface area (Å²) in [6.07, 6.45) is 0.874. The second-order valence-corrected chi connectivity index (χ2v) is 6.25. The van der Waals surface area contributed by atoms with E-state index >= 15 is 0 Å². The number of rotatable bonds is 5. The summed E-state index contributed by atoms with van der Waals surface area (Å²) in [5.41, 5.74) is 5.52. The fourth-order valence-electron chi connectivity index (χ4n) is 1.57. The van der Waals surface area contributed by atoms with Crippen LogP contribution in [-0.2, 0) is 10.2 Å². The summed E-state index contributed by atoms with van der Waals surface area (Å²) >= 11 is 0. The van der Waals surface area contributed by atoms with Crippen molar-refractivity contribution in [2.24, 2.45) is 17.6 Å². The molecule has 1 unspecified atom stereocenters. The summed E-state index contributed by atoms with van der Waals surface area (Å²) in [6, 6.07) is 0. The maximum atomic E-state index is 11.8. The van der Waals surface area contributed by atoms with Gasteiger partial charge in [-0.1, -0.05) is 13.8 Å². The molecule has 0 aliphatic carbocycles. The lowest BCUT2D eigenvalue weighted by atomic mass is 10.1.